The van der Waals surface area contributed by atoms with Gasteiger partial charge in [0.15, 0.2) is 5.11 Å². The van der Waals surface area contributed by atoms with Gasteiger partial charge < -0.3 is 15.0 Å². The van der Waals surface area contributed by atoms with Crippen LogP contribution in [0.15, 0.2) is 48.5 Å². The monoisotopic (exact) mass is 565 g/mol. The molecule has 0 aliphatic carbocycles. The first-order chi connectivity index (χ1) is 15.3. The Kier molecular flexibility index (Phi) is 8.57. The van der Waals surface area contributed by atoms with Gasteiger partial charge in [0.1, 0.15) is 6.04 Å². The number of nitrogens with one attached hydrogen (secondary N) is 2. The molecule has 2 amide bonds. The lowest BCUT2D eigenvalue weighted by Gasteiger charge is -2.36. The van der Waals surface area contributed by atoms with Gasteiger partial charge >= 0.3 is 5.97 Å². The van der Waals surface area contributed by atoms with E-state index in [0.29, 0.717) is 25.1 Å². The standard InChI is InChI=1S/C23H24IN3O4S/c1-15-7-8-17(13-18(15)24)21(29)26-23(32)27-11-10-25-22(30)19(27)14-20(28)31-12-9-16-5-3-2-4-6-16/h2-8,13,19H,9-12,14H2,1H3,(H,25,30)(H,26,29,32). The Labute approximate surface area is 206 Å². The first-order valence-electron chi connectivity index (χ1n) is 10.2. The minimum absolute atomic E-state index is 0.113. The Bertz CT molecular complexity index is 1020. The summed E-state index contributed by atoms with van der Waals surface area (Å²) in [4.78, 5) is 39.0. The molecule has 1 saturated heterocycles. The average Bonchev–Trinajstić information content (AvgIpc) is 2.77. The fourth-order valence-electron chi connectivity index (χ4n) is 3.28. The lowest BCUT2D eigenvalue weighted by Crippen LogP contribution is -2.60. The summed E-state index contributed by atoms with van der Waals surface area (Å²) in [7, 11) is 0. The number of hydrogen-bond donors (Lipinski definition) is 2. The summed E-state index contributed by atoms with van der Waals surface area (Å²) in [6.45, 7) is 2.95. The Morgan fingerprint density at radius 3 is 2.72 bits per heavy atom. The third-order valence-corrected chi connectivity index (χ3v) is 6.60. The van der Waals surface area contributed by atoms with Crippen LogP contribution in [0.1, 0.15) is 27.9 Å². The van der Waals surface area contributed by atoms with Crippen molar-refractivity contribution < 1.29 is 19.1 Å². The summed E-state index contributed by atoms with van der Waals surface area (Å²) in [5.74, 6) is -1.17. The van der Waals surface area contributed by atoms with Gasteiger partial charge in [0.2, 0.25) is 5.91 Å². The van der Waals surface area contributed by atoms with Crippen molar-refractivity contribution in [1.29, 1.82) is 0 Å². The molecule has 9 heteroatoms. The van der Waals surface area contributed by atoms with Crippen LogP contribution in [0.25, 0.3) is 0 Å². The molecular weight excluding hydrogens is 541 g/mol. The van der Waals surface area contributed by atoms with Crippen LogP contribution in [0.5, 0.6) is 0 Å². The van der Waals surface area contributed by atoms with Crippen molar-refractivity contribution >= 4 is 57.7 Å². The van der Waals surface area contributed by atoms with Crippen LogP contribution in [0.4, 0.5) is 0 Å². The molecule has 7 nitrogen and oxygen atoms in total. The number of benzene rings is 2. The van der Waals surface area contributed by atoms with Crippen molar-refractivity contribution in [3.05, 3.63) is 68.8 Å². The van der Waals surface area contributed by atoms with E-state index in [4.69, 9.17) is 17.0 Å². The van der Waals surface area contributed by atoms with Gasteiger partial charge in [-0.2, -0.15) is 0 Å². The number of hydrogen-bond acceptors (Lipinski definition) is 5. The first kappa shape index (κ1) is 24.1. The zero-order chi connectivity index (χ0) is 23.1. The van der Waals surface area contributed by atoms with Crippen molar-refractivity contribution in [1.82, 2.24) is 15.5 Å². The molecule has 0 bridgehead atoms. The molecule has 1 unspecified atom stereocenters. The highest BCUT2D eigenvalue weighted by Crippen LogP contribution is 2.15. The maximum Gasteiger partial charge on any atom is 0.308 e. The lowest BCUT2D eigenvalue weighted by atomic mass is 10.1. The van der Waals surface area contributed by atoms with E-state index in [1.54, 1.807) is 17.0 Å². The van der Waals surface area contributed by atoms with E-state index in [0.717, 1.165) is 14.7 Å². The number of nitrogens with zero attached hydrogens (tertiary/aromatic N) is 1. The van der Waals surface area contributed by atoms with Crippen molar-refractivity contribution in [2.45, 2.75) is 25.8 Å². The van der Waals surface area contributed by atoms with Crippen molar-refractivity contribution in [2.24, 2.45) is 0 Å². The highest BCUT2D eigenvalue weighted by atomic mass is 127. The predicted molar refractivity (Wildman–Crippen MR) is 133 cm³/mol. The van der Waals surface area contributed by atoms with E-state index in [2.05, 4.69) is 33.2 Å². The van der Waals surface area contributed by atoms with Crippen molar-refractivity contribution in [3.8, 4) is 0 Å². The number of carbonyl (C=O) groups is 3. The second-order valence-electron chi connectivity index (χ2n) is 7.38. The van der Waals surface area contributed by atoms with Gasteiger partial charge in [-0.25, -0.2) is 0 Å². The zero-order valence-corrected chi connectivity index (χ0v) is 20.6. The molecule has 0 radical (unpaired) electrons. The smallest absolute Gasteiger partial charge is 0.308 e. The number of esters is 1. The lowest BCUT2D eigenvalue weighted by molar-refractivity contribution is -0.147. The fraction of sp³-hybridized carbons (Fsp3) is 0.304. The van der Waals surface area contributed by atoms with Gasteiger partial charge in [-0.1, -0.05) is 36.4 Å². The zero-order valence-electron chi connectivity index (χ0n) is 17.6. The Hall–Kier alpha value is -2.53. The minimum Gasteiger partial charge on any atom is -0.465 e. The SMILES string of the molecule is Cc1ccc(C(=O)NC(=S)N2CCNC(=O)C2CC(=O)OCCc2ccccc2)cc1I. The van der Waals surface area contributed by atoms with Crippen LogP contribution in [0.2, 0.25) is 0 Å². The average molecular weight is 565 g/mol. The van der Waals surface area contributed by atoms with Crippen molar-refractivity contribution in [2.75, 3.05) is 19.7 Å². The number of thiocarbonyl (C=S) groups is 1. The number of ether oxygens (including phenoxy) is 1. The number of amides is 2. The topological polar surface area (TPSA) is 87.7 Å². The highest BCUT2D eigenvalue weighted by Gasteiger charge is 2.34. The summed E-state index contributed by atoms with van der Waals surface area (Å²) in [5, 5.41) is 5.54. The second kappa shape index (κ2) is 11.4. The number of halogens is 1. The first-order valence-corrected chi connectivity index (χ1v) is 11.7. The second-order valence-corrected chi connectivity index (χ2v) is 8.93. The Balaban J connectivity index is 1.58. The number of aryl methyl sites for hydroxylation is 1. The molecular formula is C23H24IN3O4S. The number of rotatable bonds is 6. The molecule has 2 aromatic rings. The van der Waals surface area contributed by atoms with Crippen LogP contribution >= 0.6 is 34.8 Å². The molecule has 32 heavy (non-hydrogen) atoms. The summed E-state index contributed by atoms with van der Waals surface area (Å²) < 4.78 is 6.29. The van der Waals surface area contributed by atoms with E-state index in [9.17, 15) is 14.4 Å². The van der Waals surface area contributed by atoms with E-state index < -0.39 is 12.0 Å². The summed E-state index contributed by atoms with van der Waals surface area (Å²) in [6, 6.07) is 14.2. The summed E-state index contributed by atoms with van der Waals surface area (Å²) >= 11 is 7.57. The largest absolute Gasteiger partial charge is 0.465 e. The number of carbonyl (C=O) groups excluding carboxylic acids is 3. The van der Waals surface area contributed by atoms with Crippen LogP contribution in [0.3, 0.4) is 0 Å². The van der Waals surface area contributed by atoms with Gasteiger partial charge in [0.25, 0.3) is 5.91 Å². The Morgan fingerprint density at radius 2 is 2.00 bits per heavy atom. The molecule has 1 aliphatic rings. The molecule has 3 rings (SSSR count). The van der Waals surface area contributed by atoms with Gasteiger partial charge in [0, 0.05) is 28.6 Å². The molecule has 1 atom stereocenters. The van der Waals surface area contributed by atoms with Gasteiger partial charge in [-0.3, -0.25) is 19.7 Å². The molecule has 2 N–H and O–H groups in total. The Morgan fingerprint density at radius 1 is 1.25 bits per heavy atom. The molecule has 0 saturated carbocycles. The highest BCUT2D eigenvalue weighted by molar-refractivity contribution is 14.1. The van der Waals surface area contributed by atoms with E-state index in [-0.39, 0.29) is 30.0 Å². The maximum absolute atomic E-state index is 12.6. The van der Waals surface area contributed by atoms with Gasteiger partial charge in [-0.05, 0) is 65.0 Å². The quantitative estimate of drug-likeness (QED) is 0.318. The van der Waals surface area contributed by atoms with Crippen LogP contribution in [0, 0.1) is 10.5 Å². The molecule has 2 aromatic carbocycles. The van der Waals surface area contributed by atoms with E-state index >= 15 is 0 Å². The summed E-state index contributed by atoms with van der Waals surface area (Å²) in [5.41, 5.74) is 2.61. The number of piperazine rings is 1. The summed E-state index contributed by atoms with van der Waals surface area (Å²) in [6.07, 6.45) is 0.441. The van der Waals surface area contributed by atoms with Crippen molar-refractivity contribution in [3.63, 3.8) is 0 Å². The minimum atomic E-state index is -0.834. The van der Waals surface area contributed by atoms with Crippen LogP contribution in [-0.4, -0.2) is 53.5 Å². The van der Waals surface area contributed by atoms with Crippen LogP contribution in [-0.2, 0) is 20.7 Å². The normalized spacial score (nSPS) is 15.6. The third-order valence-electron chi connectivity index (χ3n) is 5.10. The fourth-order valence-corrected chi connectivity index (χ4v) is 4.11. The molecule has 0 aromatic heterocycles. The molecule has 0 spiro atoms. The molecule has 1 heterocycles. The van der Waals surface area contributed by atoms with Gasteiger partial charge in [-0.15, -0.1) is 0 Å². The van der Waals surface area contributed by atoms with Gasteiger partial charge in [0.05, 0.1) is 13.0 Å². The van der Waals surface area contributed by atoms with Crippen LogP contribution < -0.4 is 10.6 Å². The molecule has 1 fully saturated rings. The predicted octanol–water partition coefficient (Wildman–Crippen LogP) is 2.59. The molecule has 168 valence electrons. The third kappa shape index (κ3) is 6.49. The molecule has 1 aliphatic heterocycles. The van der Waals surface area contributed by atoms with E-state index in [1.165, 1.54) is 0 Å². The maximum atomic E-state index is 12.6. The van der Waals surface area contributed by atoms with E-state index in [1.807, 2.05) is 43.3 Å².